The van der Waals surface area contributed by atoms with Crippen LogP contribution in [0.25, 0.3) is 0 Å². The molecule has 0 aromatic heterocycles. The Morgan fingerprint density at radius 3 is 1.50 bits per heavy atom. The van der Waals surface area contributed by atoms with E-state index >= 15 is 0 Å². The molecule has 0 rings (SSSR count). The van der Waals surface area contributed by atoms with Gasteiger partial charge in [0.2, 0.25) is 0 Å². The number of hydrogen-bond acceptors (Lipinski definition) is 3. The van der Waals surface area contributed by atoms with Crippen molar-refractivity contribution in [2.75, 3.05) is 0 Å². The average Bonchev–Trinajstić information content (AvgIpc) is 1.89. The van der Waals surface area contributed by atoms with Crippen LogP contribution in [0.3, 0.4) is 0 Å². The Labute approximate surface area is 92.6 Å². The van der Waals surface area contributed by atoms with Crippen molar-refractivity contribution in [3.8, 4) is 0 Å². The molecule has 0 fully saturated rings. The Hall–Kier alpha value is -0.390. The van der Waals surface area contributed by atoms with Gasteiger partial charge in [0, 0.05) is 6.42 Å². The molecule has 0 bridgehead atoms. The Morgan fingerprint density at radius 1 is 1.33 bits per heavy atom. The molecule has 66 valence electrons. The van der Waals surface area contributed by atoms with Gasteiger partial charge in [-0.1, -0.05) is 6.92 Å². The molecule has 0 aromatic rings. The van der Waals surface area contributed by atoms with Gasteiger partial charge in [0.15, 0.2) is 0 Å². The number of hydrogen-bond donors (Lipinski definition) is 3. The first kappa shape index (κ1) is 17.6. The molecule has 0 heterocycles. The van der Waals surface area contributed by atoms with Gasteiger partial charge < -0.3 is 10.2 Å². The molecule has 0 aliphatic rings. The third-order valence-corrected chi connectivity index (χ3v) is 0.623. The zero-order chi connectivity index (χ0) is 9.44. The second-order valence-corrected chi connectivity index (χ2v) is 1.68. The van der Waals surface area contributed by atoms with E-state index in [1.807, 2.05) is 0 Å². The fourth-order valence-corrected chi connectivity index (χ4v) is 0. The van der Waals surface area contributed by atoms with E-state index < -0.39 is 11.9 Å². The van der Waals surface area contributed by atoms with E-state index in [9.17, 15) is 9.59 Å². The van der Waals surface area contributed by atoms with Crippen molar-refractivity contribution in [3.63, 3.8) is 0 Å². The van der Waals surface area contributed by atoms with Crippen LogP contribution in [0.2, 0.25) is 0 Å². The predicted molar refractivity (Wildman–Crippen MR) is 46.1 cm³/mol. The maximum atomic E-state index is 9.47. The van der Waals surface area contributed by atoms with Gasteiger partial charge in [-0.05, 0) is 6.92 Å². The molecule has 0 saturated carbocycles. The van der Waals surface area contributed by atoms with E-state index in [1.54, 1.807) is 6.92 Å². The van der Waals surface area contributed by atoms with Crippen LogP contribution in [0.15, 0.2) is 0 Å². The van der Waals surface area contributed by atoms with E-state index in [2.05, 4.69) is 0 Å². The molecule has 0 unspecified atom stereocenters. The summed E-state index contributed by atoms with van der Waals surface area (Å²) < 4.78 is 0. The number of rotatable bonds is 2. The zero-order valence-electron chi connectivity index (χ0n) is 6.42. The Bertz CT molecular complexity index is 157. The molecule has 12 heavy (non-hydrogen) atoms. The third-order valence-electron chi connectivity index (χ3n) is 0.623. The van der Waals surface area contributed by atoms with Crippen LogP contribution in [-0.2, 0) is 9.59 Å². The molecule has 5 nitrogen and oxygen atoms in total. The summed E-state index contributed by atoms with van der Waals surface area (Å²) in [6.45, 7) is 2.82. The van der Waals surface area contributed by atoms with Gasteiger partial charge in [-0.25, -0.2) is 4.79 Å². The molecule has 6 heteroatoms. The second kappa shape index (κ2) is 10.6. The Morgan fingerprint density at radius 2 is 1.50 bits per heavy atom. The minimum absolute atomic E-state index is 0. The van der Waals surface area contributed by atoms with Crippen LogP contribution in [0.5, 0.6) is 0 Å². The fourth-order valence-electron chi connectivity index (χ4n) is 0. The van der Waals surface area contributed by atoms with Crippen LogP contribution in [-0.4, -0.2) is 57.4 Å². The summed E-state index contributed by atoms with van der Waals surface area (Å²) in [6, 6.07) is 0. The van der Waals surface area contributed by atoms with Crippen molar-refractivity contribution in [1.82, 2.24) is 0 Å². The standard InChI is InChI=1S/C3H5NO2.C3H6O2.Na.H/c1-2(4)3(5)6;1-2-3(4)5;;/h4H,1H3,(H,5,6);2H2,1H3,(H,4,5);;. The van der Waals surface area contributed by atoms with Gasteiger partial charge in [-0.15, -0.1) is 0 Å². The number of carboxylic acids is 2. The van der Waals surface area contributed by atoms with Crippen LogP contribution < -0.4 is 0 Å². The SMILES string of the molecule is CC(=N)C(=O)O.CCC(=O)O.[NaH]. The fraction of sp³-hybridized carbons (Fsp3) is 0.500. The van der Waals surface area contributed by atoms with Gasteiger partial charge in [-0.2, -0.15) is 0 Å². The van der Waals surface area contributed by atoms with Crippen molar-refractivity contribution in [2.24, 2.45) is 0 Å². The minimum atomic E-state index is -1.16. The maximum absolute atomic E-state index is 9.47. The van der Waals surface area contributed by atoms with E-state index in [4.69, 9.17) is 15.6 Å². The van der Waals surface area contributed by atoms with Crippen LogP contribution >= 0.6 is 0 Å². The molecular formula is C6H12NNaO4. The first-order valence-corrected chi connectivity index (χ1v) is 2.92. The quantitative estimate of drug-likeness (QED) is 0.414. The summed E-state index contributed by atoms with van der Waals surface area (Å²) in [5.41, 5.74) is -0.324. The third kappa shape index (κ3) is 22.6. The Balaban J connectivity index is -0.000000126. The van der Waals surface area contributed by atoms with Gasteiger partial charge in [0.1, 0.15) is 5.71 Å². The molecular weight excluding hydrogens is 173 g/mol. The van der Waals surface area contributed by atoms with Crippen molar-refractivity contribution >= 4 is 47.2 Å². The van der Waals surface area contributed by atoms with Crippen molar-refractivity contribution in [2.45, 2.75) is 20.3 Å². The summed E-state index contributed by atoms with van der Waals surface area (Å²) in [4.78, 5) is 18.8. The monoisotopic (exact) mass is 185 g/mol. The summed E-state index contributed by atoms with van der Waals surface area (Å²) in [5, 5.41) is 21.8. The molecule has 0 spiro atoms. The van der Waals surface area contributed by atoms with Gasteiger partial charge in [0.25, 0.3) is 0 Å². The molecule has 0 radical (unpaired) electrons. The average molecular weight is 185 g/mol. The van der Waals surface area contributed by atoms with Crippen LogP contribution in [0, 0.1) is 5.41 Å². The van der Waals surface area contributed by atoms with Crippen molar-refractivity contribution < 1.29 is 19.8 Å². The summed E-state index contributed by atoms with van der Waals surface area (Å²) in [6.07, 6.45) is 0.222. The number of aliphatic carboxylic acids is 2. The number of nitrogens with one attached hydrogen (secondary N) is 1. The van der Waals surface area contributed by atoms with Crippen molar-refractivity contribution in [1.29, 1.82) is 5.41 Å². The van der Waals surface area contributed by atoms with E-state index in [0.29, 0.717) is 0 Å². The molecule has 0 saturated heterocycles. The molecule has 0 amide bonds. The first-order valence-electron chi connectivity index (χ1n) is 2.92. The molecule has 0 atom stereocenters. The molecule has 0 aromatic carbocycles. The predicted octanol–water partition coefficient (Wildman–Crippen LogP) is -0.0568. The van der Waals surface area contributed by atoms with Gasteiger partial charge in [-0.3, -0.25) is 10.2 Å². The van der Waals surface area contributed by atoms with Gasteiger partial charge >= 0.3 is 41.5 Å². The molecule has 3 N–H and O–H groups in total. The normalized spacial score (nSPS) is 6.83. The van der Waals surface area contributed by atoms with Crippen LogP contribution in [0.1, 0.15) is 20.3 Å². The summed E-state index contributed by atoms with van der Waals surface area (Å²) in [5.74, 6) is -1.90. The van der Waals surface area contributed by atoms with Crippen LogP contribution in [0.4, 0.5) is 0 Å². The first-order chi connectivity index (χ1) is 4.91. The number of carboxylic acid groups (broad SMARTS) is 2. The van der Waals surface area contributed by atoms with Gasteiger partial charge in [0.05, 0.1) is 0 Å². The summed E-state index contributed by atoms with van der Waals surface area (Å²) in [7, 11) is 0. The molecule has 0 aliphatic heterocycles. The van der Waals surface area contributed by atoms with Crippen molar-refractivity contribution in [3.05, 3.63) is 0 Å². The van der Waals surface area contributed by atoms with E-state index in [-0.39, 0.29) is 41.7 Å². The molecule has 0 aliphatic carbocycles. The number of carbonyl (C=O) groups is 2. The summed E-state index contributed by atoms with van der Waals surface area (Å²) >= 11 is 0. The second-order valence-electron chi connectivity index (χ2n) is 1.68. The zero-order valence-corrected chi connectivity index (χ0v) is 6.42. The Kier molecular flexibility index (Phi) is 15.6. The topological polar surface area (TPSA) is 98.5 Å². The van der Waals surface area contributed by atoms with E-state index in [1.165, 1.54) is 6.92 Å². The van der Waals surface area contributed by atoms with E-state index in [0.717, 1.165) is 0 Å².